The summed E-state index contributed by atoms with van der Waals surface area (Å²) >= 11 is 11.9. The van der Waals surface area contributed by atoms with Crippen LogP contribution in [0.15, 0.2) is 48.5 Å². The summed E-state index contributed by atoms with van der Waals surface area (Å²) in [6, 6.07) is 14.0. The Balaban J connectivity index is 1.37. The van der Waals surface area contributed by atoms with Crippen molar-refractivity contribution in [3.63, 3.8) is 0 Å². The van der Waals surface area contributed by atoms with Crippen LogP contribution in [0.25, 0.3) is 0 Å². The van der Waals surface area contributed by atoms with Gasteiger partial charge in [0.25, 0.3) is 5.91 Å². The lowest BCUT2D eigenvalue weighted by molar-refractivity contribution is -0.122. The summed E-state index contributed by atoms with van der Waals surface area (Å²) in [4.78, 5) is 27.1. The Hall–Kier alpha value is -2.08. The topological polar surface area (TPSA) is 61.4 Å². The number of benzene rings is 2. The van der Waals surface area contributed by atoms with Gasteiger partial charge in [0.2, 0.25) is 5.91 Å². The van der Waals surface area contributed by atoms with Crippen molar-refractivity contribution >= 4 is 35.0 Å². The highest BCUT2D eigenvalue weighted by Gasteiger charge is 2.22. The summed E-state index contributed by atoms with van der Waals surface area (Å²) in [6.45, 7) is 5.24. The molecule has 2 aromatic carbocycles. The minimum absolute atomic E-state index is 0.172. The van der Waals surface area contributed by atoms with Crippen molar-refractivity contribution in [3.8, 4) is 0 Å². The lowest BCUT2D eigenvalue weighted by Crippen LogP contribution is -2.47. The molecule has 0 aromatic heterocycles. The molecular weight excluding hydrogens is 421 g/mol. The van der Waals surface area contributed by atoms with Crippen LogP contribution in [0.1, 0.15) is 35.7 Å². The van der Waals surface area contributed by atoms with Gasteiger partial charge in [-0.25, -0.2) is 0 Å². The zero-order chi connectivity index (χ0) is 21.5. The van der Waals surface area contributed by atoms with Gasteiger partial charge < -0.3 is 10.6 Å². The van der Waals surface area contributed by atoms with Crippen LogP contribution in [0.2, 0.25) is 10.0 Å². The summed E-state index contributed by atoms with van der Waals surface area (Å²) in [5.41, 5.74) is 1.70. The number of rotatable bonds is 7. The first kappa shape index (κ1) is 22.6. The number of nitrogens with zero attached hydrogens (tertiary/aromatic N) is 1. The van der Waals surface area contributed by atoms with E-state index in [1.54, 1.807) is 31.2 Å². The Bertz CT molecular complexity index is 865. The van der Waals surface area contributed by atoms with Crippen LogP contribution < -0.4 is 10.6 Å². The Labute approximate surface area is 187 Å². The fourth-order valence-corrected chi connectivity index (χ4v) is 3.89. The first-order valence-corrected chi connectivity index (χ1v) is 11.0. The lowest BCUT2D eigenvalue weighted by Gasteiger charge is -2.32. The molecule has 1 unspecified atom stereocenters. The fraction of sp³-hybridized carbons (Fsp3) is 0.391. The van der Waals surface area contributed by atoms with Gasteiger partial charge >= 0.3 is 0 Å². The van der Waals surface area contributed by atoms with Crippen molar-refractivity contribution in [2.45, 2.75) is 32.4 Å². The number of piperidine rings is 1. The maximum atomic E-state index is 12.4. The molecule has 2 aromatic rings. The Morgan fingerprint density at radius 1 is 1.07 bits per heavy atom. The molecule has 5 nitrogen and oxygen atoms in total. The number of nitrogens with one attached hydrogen (secondary N) is 2. The summed E-state index contributed by atoms with van der Waals surface area (Å²) in [6.07, 6.45) is 2.08. The first-order valence-electron chi connectivity index (χ1n) is 10.2. The van der Waals surface area contributed by atoms with Crippen LogP contribution in [0, 0.1) is 5.92 Å². The van der Waals surface area contributed by atoms with E-state index in [0.717, 1.165) is 37.5 Å². The van der Waals surface area contributed by atoms with Crippen molar-refractivity contribution in [2.24, 2.45) is 5.92 Å². The van der Waals surface area contributed by atoms with Crippen LogP contribution in [-0.4, -0.2) is 42.4 Å². The summed E-state index contributed by atoms with van der Waals surface area (Å²) in [5, 5.41) is 6.94. The van der Waals surface area contributed by atoms with Crippen LogP contribution in [-0.2, 0) is 11.3 Å². The first-order chi connectivity index (χ1) is 14.4. The average molecular weight is 448 g/mol. The van der Waals surface area contributed by atoms with E-state index < -0.39 is 6.04 Å². The molecule has 2 N–H and O–H groups in total. The monoisotopic (exact) mass is 447 g/mol. The summed E-state index contributed by atoms with van der Waals surface area (Å²) in [7, 11) is 0. The molecule has 1 atom stereocenters. The van der Waals surface area contributed by atoms with Gasteiger partial charge in [0, 0.05) is 28.7 Å². The van der Waals surface area contributed by atoms with E-state index >= 15 is 0 Å². The van der Waals surface area contributed by atoms with E-state index in [4.69, 9.17) is 23.2 Å². The van der Waals surface area contributed by atoms with E-state index in [0.29, 0.717) is 23.0 Å². The van der Waals surface area contributed by atoms with Gasteiger partial charge in [0.05, 0.1) is 0 Å². The van der Waals surface area contributed by atoms with Crippen molar-refractivity contribution in [1.29, 1.82) is 0 Å². The van der Waals surface area contributed by atoms with Gasteiger partial charge in [-0.1, -0.05) is 41.4 Å². The minimum atomic E-state index is -0.610. The average Bonchev–Trinajstić information content (AvgIpc) is 2.74. The largest absolute Gasteiger partial charge is 0.354 e. The molecule has 0 radical (unpaired) electrons. The van der Waals surface area contributed by atoms with Gasteiger partial charge in [0.1, 0.15) is 6.04 Å². The number of carbonyl (C=O) groups is 2. The summed E-state index contributed by atoms with van der Waals surface area (Å²) in [5.74, 6) is -0.0316. The second-order valence-corrected chi connectivity index (χ2v) is 8.67. The van der Waals surface area contributed by atoms with E-state index in [1.165, 1.54) is 5.56 Å². The molecule has 1 aliphatic heterocycles. The molecule has 7 heteroatoms. The van der Waals surface area contributed by atoms with Crippen LogP contribution >= 0.6 is 23.2 Å². The predicted octanol–water partition coefficient (Wildman–Crippen LogP) is 4.14. The fourth-order valence-electron chi connectivity index (χ4n) is 3.57. The Morgan fingerprint density at radius 2 is 1.77 bits per heavy atom. The van der Waals surface area contributed by atoms with Gasteiger partial charge in [-0.3, -0.25) is 14.5 Å². The minimum Gasteiger partial charge on any atom is -0.354 e. The van der Waals surface area contributed by atoms with Crippen LogP contribution in [0.5, 0.6) is 0 Å². The molecule has 2 amide bonds. The van der Waals surface area contributed by atoms with E-state index in [1.807, 2.05) is 12.1 Å². The third-order valence-electron chi connectivity index (χ3n) is 5.42. The Morgan fingerprint density at radius 3 is 2.43 bits per heavy atom. The number of halogens is 2. The smallest absolute Gasteiger partial charge is 0.251 e. The number of likely N-dealkylation sites (tertiary alicyclic amines) is 1. The third-order valence-corrected chi connectivity index (χ3v) is 5.91. The van der Waals surface area contributed by atoms with E-state index in [-0.39, 0.29) is 11.8 Å². The molecule has 0 saturated carbocycles. The molecule has 1 heterocycles. The van der Waals surface area contributed by atoms with Gasteiger partial charge in [0.15, 0.2) is 0 Å². The zero-order valence-corrected chi connectivity index (χ0v) is 18.5. The number of carbonyl (C=O) groups excluding carboxylic acids is 2. The van der Waals surface area contributed by atoms with Crippen molar-refractivity contribution in [1.82, 2.24) is 15.5 Å². The molecular formula is C23H27Cl2N3O2. The third kappa shape index (κ3) is 6.73. The molecule has 1 fully saturated rings. The molecule has 0 spiro atoms. The quantitative estimate of drug-likeness (QED) is 0.670. The molecule has 0 aliphatic carbocycles. The highest BCUT2D eigenvalue weighted by atomic mass is 35.5. The predicted molar refractivity (Wildman–Crippen MR) is 121 cm³/mol. The number of amides is 2. The standard InChI is InChI=1S/C23H27Cl2N3O2/c1-16(27-23(30)19-3-2-4-21(25)13-19)22(29)26-14-17-9-11-28(12-10-17)15-18-5-7-20(24)8-6-18/h2-8,13,16-17H,9-12,14-15H2,1H3,(H,26,29)(H,27,30). The molecule has 1 aliphatic rings. The van der Waals surface area contributed by atoms with Gasteiger partial charge in [-0.2, -0.15) is 0 Å². The van der Waals surface area contributed by atoms with E-state index in [9.17, 15) is 9.59 Å². The van der Waals surface area contributed by atoms with Crippen molar-refractivity contribution in [2.75, 3.05) is 19.6 Å². The van der Waals surface area contributed by atoms with Crippen LogP contribution in [0.3, 0.4) is 0 Å². The zero-order valence-electron chi connectivity index (χ0n) is 17.0. The number of hydrogen-bond donors (Lipinski definition) is 2. The van der Waals surface area contributed by atoms with Crippen LogP contribution in [0.4, 0.5) is 0 Å². The van der Waals surface area contributed by atoms with E-state index in [2.05, 4.69) is 27.7 Å². The highest BCUT2D eigenvalue weighted by Crippen LogP contribution is 2.19. The molecule has 3 rings (SSSR count). The maximum absolute atomic E-state index is 12.4. The summed E-state index contributed by atoms with van der Waals surface area (Å²) < 4.78 is 0. The van der Waals surface area contributed by atoms with Crippen molar-refractivity contribution < 1.29 is 9.59 Å². The SMILES string of the molecule is CC(NC(=O)c1cccc(Cl)c1)C(=O)NCC1CCN(Cc2ccc(Cl)cc2)CC1. The van der Waals surface area contributed by atoms with Gasteiger partial charge in [-0.05, 0) is 74.7 Å². The molecule has 30 heavy (non-hydrogen) atoms. The van der Waals surface area contributed by atoms with Gasteiger partial charge in [-0.15, -0.1) is 0 Å². The number of hydrogen-bond acceptors (Lipinski definition) is 3. The maximum Gasteiger partial charge on any atom is 0.251 e. The molecule has 1 saturated heterocycles. The molecule has 0 bridgehead atoms. The Kier molecular flexibility index (Phi) is 8.14. The second kappa shape index (κ2) is 10.8. The highest BCUT2D eigenvalue weighted by molar-refractivity contribution is 6.31. The van der Waals surface area contributed by atoms with Crippen molar-refractivity contribution in [3.05, 3.63) is 69.7 Å². The lowest BCUT2D eigenvalue weighted by atomic mass is 9.96. The second-order valence-electron chi connectivity index (χ2n) is 7.80. The normalized spacial score (nSPS) is 16.1. The molecule has 160 valence electrons.